The number of aliphatic hydroxyl groups excluding tert-OH is 1. The monoisotopic (exact) mass is 1020 g/mol. The van der Waals surface area contributed by atoms with Crippen LogP contribution in [0.2, 0.25) is 36.3 Å². The highest BCUT2D eigenvalue weighted by atomic mass is 28.4. The molecule has 0 radical (unpaired) electrons. The van der Waals surface area contributed by atoms with Gasteiger partial charge in [-0.2, -0.15) is 0 Å². The van der Waals surface area contributed by atoms with Crippen molar-refractivity contribution in [2.45, 2.75) is 186 Å². The molecule has 0 spiro atoms. The van der Waals surface area contributed by atoms with Crippen LogP contribution in [-0.2, 0) is 44.1 Å². The maximum absolute atomic E-state index is 14.4. The number of carbonyl (C=O) groups excluding carboxylic acids is 5. The van der Waals surface area contributed by atoms with Crippen molar-refractivity contribution < 1.29 is 47.4 Å². The number of ether oxygens (including phenoxy) is 2. The molecule has 392 valence electrons. The van der Waals surface area contributed by atoms with Gasteiger partial charge in [-0.15, -0.1) is 0 Å². The predicted molar refractivity (Wildman–Crippen MR) is 274 cm³/mol. The van der Waals surface area contributed by atoms with E-state index < -0.39 is 95.1 Å². The van der Waals surface area contributed by atoms with Crippen LogP contribution in [0.5, 0.6) is 0 Å². The molecule has 2 aromatic heterocycles. The number of benzene rings is 1. The zero-order valence-corrected chi connectivity index (χ0v) is 46.3. The first-order chi connectivity index (χ1) is 33.1. The number of aliphatic hydroxyl groups is 1. The van der Waals surface area contributed by atoms with Crippen molar-refractivity contribution in [1.29, 1.82) is 0 Å². The molecule has 0 saturated carbocycles. The molecule has 21 heteroatoms. The van der Waals surface area contributed by atoms with Gasteiger partial charge in [-0.1, -0.05) is 99.6 Å². The average molecular weight is 1020 g/mol. The number of aromatic nitrogens is 4. The summed E-state index contributed by atoms with van der Waals surface area (Å²) in [6.45, 7) is 29.7. The zero-order valence-electron chi connectivity index (χ0n) is 44.3. The van der Waals surface area contributed by atoms with Gasteiger partial charge < -0.3 is 49.2 Å². The summed E-state index contributed by atoms with van der Waals surface area (Å²) in [6, 6.07) is 5.50. The van der Waals surface area contributed by atoms with Gasteiger partial charge in [0, 0.05) is 13.1 Å². The second-order valence-electron chi connectivity index (χ2n) is 23.0. The van der Waals surface area contributed by atoms with Crippen LogP contribution >= 0.6 is 0 Å². The predicted octanol–water partition coefficient (Wildman–Crippen LogP) is 6.51. The normalized spacial score (nSPS) is 23.1. The van der Waals surface area contributed by atoms with Gasteiger partial charge in [0.05, 0.1) is 12.9 Å². The summed E-state index contributed by atoms with van der Waals surface area (Å²) in [5, 5.41) is 20.4. The van der Waals surface area contributed by atoms with E-state index in [0.29, 0.717) is 37.9 Å². The van der Waals surface area contributed by atoms with Crippen LogP contribution in [0, 0.1) is 11.8 Å². The van der Waals surface area contributed by atoms with Crippen LogP contribution in [0.25, 0.3) is 11.2 Å². The molecule has 19 nitrogen and oxygen atoms in total. The van der Waals surface area contributed by atoms with Gasteiger partial charge in [0.2, 0.25) is 23.6 Å². The second-order valence-corrected chi connectivity index (χ2v) is 32.6. The fraction of sp³-hybridized carbons (Fsp3) is 0.680. The van der Waals surface area contributed by atoms with Crippen molar-refractivity contribution in [3.63, 3.8) is 0 Å². The first-order valence-corrected chi connectivity index (χ1v) is 31.0. The number of anilines is 1. The summed E-state index contributed by atoms with van der Waals surface area (Å²) >= 11 is 0. The van der Waals surface area contributed by atoms with Crippen molar-refractivity contribution >= 4 is 63.3 Å². The lowest BCUT2D eigenvalue weighted by Crippen LogP contribution is -2.59. The molecule has 1 aromatic carbocycles. The molecule has 3 aliphatic heterocycles. The standard InChI is InChI=1S/C50H79N9O10Si2/c1-30(2)36(54-43(61)33-22-18-24-57(33)46(64)37(31(3)4)55-48(65)66-26-32-20-16-15-17-21-32)45(63)58-25-19-23-34(58)44(62)56-41-38-42(52-28-51-41)59(29-53-38)47-39(60)40(69-71(13,14)50(8,9)10)35(68-47)27-67-70(11,12)49(5,6)7/h15-17,20-21,28-31,33-37,39-40,47,60H,18-19,22-27H2,1-14H3,(H,54,61)(H,55,65)(H,51,52,56,62)/t33-,34-,35+,36-,37-,39-,40+,47+/m0/s1. The van der Waals surface area contributed by atoms with Gasteiger partial charge in [-0.25, -0.2) is 19.7 Å². The highest BCUT2D eigenvalue weighted by Crippen LogP contribution is 2.43. The van der Waals surface area contributed by atoms with Crippen molar-refractivity contribution in [2.24, 2.45) is 11.8 Å². The highest BCUT2D eigenvalue weighted by Gasteiger charge is 2.52. The summed E-state index contributed by atoms with van der Waals surface area (Å²) in [5.74, 6) is -2.36. The number of alkyl carbamates (subject to hydrolysis) is 1. The third-order valence-electron chi connectivity index (χ3n) is 15.2. The van der Waals surface area contributed by atoms with Crippen LogP contribution in [0.3, 0.4) is 0 Å². The quantitative estimate of drug-likeness (QED) is 0.106. The van der Waals surface area contributed by atoms with Crippen LogP contribution in [0.15, 0.2) is 43.0 Å². The van der Waals surface area contributed by atoms with Crippen molar-refractivity contribution in [3.05, 3.63) is 48.5 Å². The molecule has 3 saturated heterocycles. The fourth-order valence-corrected chi connectivity index (χ4v) is 11.1. The summed E-state index contributed by atoms with van der Waals surface area (Å²) in [7, 11) is -4.61. The van der Waals surface area contributed by atoms with E-state index in [9.17, 15) is 29.1 Å². The number of hydrogen-bond donors (Lipinski definition) is 4. The Kier molecular flexibility index (Phi) is 17.3. The third kappa shape index (κ3) is 12.5. The number of amides is 5. The average Bonchev–Trinajstić information content (AvgIpc) is 4.12. The first kappa shape index (κ1) is 55.5. The number of nitrogens with zero attached hydrogens (tertiary/aromatic N) is 6. The molecule has 3 aliphatic rings. The van der Waals surface area contributed by atoms with E-state index in [1.54, 1.807) is 18.4 Å². The molecule has 0 aliphatic carbocycles. The molecule has 5 amide bonds. The Bertz CT molecular complexity index is 2370. The highest BCUT2D eigenvalue weighted by molar-refractivity contribution is 6.74. The Hall–Kier alpha value is -4.81. The first-order valence-electron chi connectivity index (χ1n) is 25.2. The van der Waals surface area contributed by atoms with Crippen LogP contribution in [-0.4, -0.2) is 143 Å². The molecular weight excluding hydrogens is 943 g/mol. The number of fused-ring (bicyclic) bond motifs is 1. The van der Waals surface area contributed by atoms with Gasteiger partial charge in [0.15, 0.2) is 39.8 Å². The van der Waals surface area contributed by atoms with Gasteiger partial charge in [-0.3, -0.25) is 23.7 Å². The Morgan fingerprint density at radius 1 is 0.789 bits per heavy atom. The van der Waals surface area contributed by atoms with E-state index in [2.05, 4.69) is 98.6 Å². The van der Waals surface area contributed by atoms with Crippen LogP contribution in [0.4, 0.5) is 10.6 Å². The second kappa shape index (κ2) is 22.1. The van der Waals surface area contributed by atoms with E-state index >= 15 is 0 Å². The Balaban J connectivity index is 1.14. The molecule has 71 heavy (non-hydrogen) atoms. The lowest BCUT2D eigenvalue weighted by Gasteiger charge is -2.41. The van der Waals surface area contributed by atoms with Crippen LogP contribution < -0.4 is 16.0 Å². The minimum absolute atomic E-state index is 0.0344. The molecule has 6 rings (SSSR count). The van der Waals surface area contributed by atoms with E-state index in [-0.39, 0.29) is 53.0 Å². The zero-order chi connectivity index (χ0) is 52.4. The van der Waals surface area contributed by atoms with Gasteiger partial charge in [0.25, 0.3) is 0 Å². The largest absolute Gasteiger partial charge is 0.445 e. The SMILES string of the molecule is CC(C)[C@H](NC(=O)OCc1ccccc1)C(=O)N1CCC[C@H]1C(=O)N[C@H](C(=O)N1CCC[C@H]1C(=O)Nc1ncnc2c1ncn2[C@@H]1O[C@H](CO[Si](C)(C)C(C)(C)C)[C@@H](O[Si](C)(C)C(C)(C)C)[C@@H]1O)C(C)C. The molecule has 3 fully saturated rings. The summed E-state index contributed by atoms with van der Waals surface area (Å²) in [5.41, 5.74) is 1.38. The molecule has 0 bridgehead atoms. The van der Waals surface area contributed by atoms with Gasteiger partial charge >= 0.3 is 6.09 Å². The topological polar surface area (TPSA) is 229 Å². The number of nitrogens with one attached hydrogen (secondary N) is 3. The number of likely N-dealkylation sites (tertiary alicyclic amines) is 2. The Morgan fingerprint density at radius 3 is 1.92 bits per heavy atom. The van der Waals surface area contributed by atoms with E-state index in [0.717, 1.165) is 5.56 Å². The maximum Gasteiger partial charge on any atom is 0.408 e. The third-order valence-corrected chi connectivity index (χ3v) is 24.1. The number of imidazole rings is 1. The maximum atomic E-state index is 14.4. The number of hydrogen-bond acceptors (Lipinski definition) is 13. The molecule has 8 atom stereocenters. The lowest BCUT2D eigenvalue weighted by atomic mass is 10.0. The van der Waals surface area contributed by atoms with Crippen LogP contribution in [0.1, 0.15) is 107 Å². The van der Waals surface area contributed by atoms with Crippen molar-refractivity contribution in [2.75, 3.05) is 25.0 Å². The summed E-state index contributed by atoms with van der Waals surface area (Å²) < 4.78 is 27.2. The molecule has 0 unspecified atom stereocenters. The Labute approximate surface area is 421 Å². The van der Waals surface area contributed by atoms with Gasteiger partial charge in [-0.05, 0) is 79.3 Å². The number of carbonyl (C=O) groups is 5. The molecular formula is C50H79N9O10Si2. The number of rotatable bonds is 17. The fourth-order valence-electron chi connectivity index (χ4n) is 8.71. The van der Waals surface area contributed by atoms with Gasteiger partial charge in [0.1, 0.15) is 55.4 Å². The Morgan fingerprint density at radius 2 is 1.35 bits per heavy atom. The van der Waals surface area contributed by atoms with Crippen molar-refractivity contribution in [1.82, 2.24) is 40.0 Å². The van der Waals surface area contributed by atoms with Crippen molar-refractivity contribution in [3.8, 4) is 0 Å². The summed E-state index contributed by atoms with van der Waals surface area (Å²) in [6.07, 6.45) is 0.577. The minimum atomic E-state index is -2.40. The smallest absolute Gasteiger partial charge is 0.408 e. The summed E-state index contributed by atoms with van der Waals surface area (Å²) in [4.78, 5) is 86.0. The lowest BCUT2D eigenvalue weighted by molar-refractivity contribution is -0.144. The molecule has 4 N–H and O–H groups in total. The van der Waals surface area contributed by atoms with E-state index in [1.807, 2.05) is 44.2 Å². The van der Waals surface area contributed by atoms with E-state index in [1.165, 1.54) is 22.5 Å². The molecule has 5 heterocycles. The molecule has 3 aromatic rings. The van der Waals surface area contributed by atoms with E-state index in [4.69, 9.17) is 18.3 Å². The minimum Gasteiger partial charge on any atom is -0.445 e.